The van der Waals surface area contributed by atoms with Crippen LogP contribution in [-0.4, -0.2) is 47.8 Å². The van der Waals surface area contributed by atoms with Gasteiger partial charge in [0.25, 0.3) is 11.8 Å². The molecule has 0 spiro atoms. The number of benzene rings is 1. The van der Waals surface area contributed by atoms with Gasteiger partial charge >= 0.3 is 0 Å². The number of nitrogens with one attached hydrogen (secondary N) is 3. The van der Waals surface area contributed by atoms with E-state index in [0.29, 0.717) is 28.2 Å². The lowest BCUT2D eigenvalue weighted by atomic mass is 10.0. The summed E-state index contributed by atoms with van der Waals surface area (Å²) in [7, 11) is 0. The summed E-state index contributed by atoms with van der Waals surface area (Å²) in [5, 5.41) is 4.86. The van der Waals surface area contributed by atoms with Crippen molar-refractivity contribution in [2.75, 3.05) is 31.4 Å². The van der Waals surface area contributed by atoms with Gasteiger partial charge in [-0.3, -0.25) is 9.59 Å². The molecule has 1 aromatic carbocycles. The molecule has 0 radical (unpaired) electrons. The van der Waals surface area contributed by atoms with Crippen LogP contribution in [0.4, 0.5) is 10.1 Å². The molecule has 2 aromatic rings. The Morgan fingerprint density at radius 3 is 2.72 bits per heavy atom. The van der Waals surface area contributed by atoms with Gasteiger partial charge in [-0.05, 0) is 56.8 Å². The van der Waals surface area contributed by atoms with E-state index < -0.39 is 30.6 Å². The lowest BCUT2D eigenvalue weighted by molar-refractivity contribution is -0.110. The first-order valence-corrected chi connectivity index (χ1v) is 9.43. The third-order valence-corrected chi connectivity index (χ3v) is 4.91. The number of amides is 2. The van der Waals surface area contributed by atoms with Crippen molar-refractivity contribution in [3.63, 3.8) is 0 Å². The van der Waals surface area contributed by atoms with Crippen LogP contribution in [0.2, 0.25) is 0 Å². The lowest BCUT2D eigenvalue weighted by Gasteiger charge is -2.18. The van der Waals surface area contributed by atoms with Crippen LogP contribution in [-0.2, 0) is 4.79 Å². The van der Waals surface area contributed by atoms with Crippen LogP contribution >= 0.6 is 0 Å². The number of aromatic amines is 1. The molecule has 154 valence electrons. The zero-order valence-electron chi connectivity index (χ0n) is 20.9. The Labute approximate surface area is 175 Å². The van der Waals surface area contributed by atoms with Gasteiger partial charge in [0.2, 0.25) is 0 Å². The number of fused-ring (bicyclic) bond motifs is 1. The molecule has 7 heteroatoms. The predicted octanol–water partition coefficient (Wildman–Crippen LogP) is 3.33. The molecule has 1 aliphatic heterocycles. The van der Waals surface area contributed by atoms with Crippen LogP contribution in [0.3, 0.4) is 0 Å². The number of anilines is 1. The molecular weight excluding hydrogens is 371 g/mol. The zero-order valence-corrected chi connectivity index (χ0v) is 16.9. The summed E-state index contributed by atoms with van der Waals surface area (Å²) in [5.41, 5.74) is 2.59. The molecule has 0 saturated carbocycles. The summed E-state index contributed by atoms with van der Waals surface area (Å²) in [5.74, 6) is -1.67. The highest BCUT2D eigenvalue weighted by molar-refractivity contribution is 6.34. The average molecular weight is 403 g/mol. The summed E-state index contributed by atoms with van der Waals surface area (Å²) in [6.45, 7) is 2.11. The number of likely N-dealkylation sites (N-methyl/N-ethyl adjacent to an activating group) is 1. The molecule has 2 amide bonds. The lowest BCUT2D eigenvalue weighted by Crippen LogP contribution is -2.35. The molecule has 3 rings (SSSR count). The third-order valence-electron chi connectivity index (χ3n) is 4.91. The summed E-state index contributed by atoms with van der Waals surface area (Å²) >= 11 is 0. The minimum Gasteiger partial charge on any atom is -0.358 e. The molecule has 0 bridgehead atoms. The quantitative estimate of drug-likeness (QED) is 0.622. The molecule has 1 aromatic heterocycles. The second kappa shape index (κ2) is 8.61. The summed E-state index contributed by atoms with van der Waals surface area (Å²) in [6, 6.07) is 3.97. The Hall–Kier alpha value is -2.93. The molecule has 0 saturated heterocycles. The van der Waals surface area contributed by atoms with Gasteiger partial charge in [0, 0.05) is 38.4 Å². The molecule has 2 heterocycles. The molecule has 1 aliphatic rings. The molecule has 29 heavy (non-hydrogen) atoms. The Balaban J connectivity index is 1.95. The van der Waals surface area contributed by atoms with Gasteiger partial charge in [-0.15, -0.1) is 0 Å². The first-order chi connectivity index (χ1) is 15.3. The maximum absolute atomic E-state index is 13.7. The van der Waals surface area contributed by atoms with E-state index in [1.807, 2.05) is 0 Å². The Morgan fingerprint density at radius 2 is 2.03 bits per heavy atom. The van der Waals surface area contributed by atoms with Gasteiger partial charge < -0.3 is 20.5 Å². The van der Waals surface area contributed by atoms with Crippen molar-refractivity contribution in [1.29, 1.82) is 0 Å². The van der Waals surface area contributed by atoms with Gasteiger partial charge in [0.15, 0.2) is 0 Å². The van der Waals surface area contributed by atoms with Crippen molar-refractivity contribution in [2.45, 2.75) is 27.7 Å². The standard InChI is InChI=1S/C22H27FN4O2/c1-5-27(6-2)10-9-24-22(29)20-13(3)19(25-14(20)4)12-17-16-11-15(23)7-8-18(16)26-21(17)28/h7-8,11-12,25H,5-6,9-10H2,1-4H3,(H,24,29)(H,26,28)/b17-12-/i9D2,10D2. The van der Waals surface area contributed by atoms with Crippen LogP contribution in [0, 0.1) is 19.7 Å². The first-order valence-electron chi connectivity index (χ1n) is 11.4. The number of aryl methyl sites for hydroxylation is 1. The molecule has 6 nitrogen and oxygen atoms in total. The maximum atomic E-state index is 13.7. The topological polar surface area (TPSA) is 77.2 Å². The number of H-pyrrole nitrogens is 1. The number of aromatic nitrogens is 1. The van der Waals surface area contributed by atoms with Crippen molar-refractivity contribution in [3.8, 4) is 0 Å². The first kappa shape index (κ1) is 15.9. The predicted molar refractivity (Wildman–Crippen MR) is 113 cm³/mol. The van der Waals surface area contributed by atoms with Gasteiger partial charge in [-0.25, -0.2) is 4.39 Å². The van der Waals surface area contributed by atoms with E-state index in [4.69, 9.17) is 5.48 Å². The van der Waals surface area contributed by atoms with Crippen LogP contribution in [0.5, 0.6) is 0 Å². The molecule has 3 N–H and O–H groups in total. The number of halogens is 1. The number of carbonyl (C=O) groups is 2. The Kier molecular flexibility index (Phi) is 4.73. The average Bonchev–Trinajstić information content (AvgIpc) is 3.17. The van der Waals surface area contributed by atoms with Gasteiger partial charge in [0.1, 0.15) is 5.82 Å². The van der Waals surface area contributed by atoms with E-state index in [1.165, 1.54) is 29.2 Å². The van der Waals surface area contributed by atoms with E-state index in [-0.39, 0.29) is 24.2 Å². The van der Waals surface area contributed by atoms with E-state index in [1.54, 1.807) is 27.7 Å². The van der Waals surface area contributed by atoms with Crippen molar-refractivity contribution < 1.29 is 19.5 Å². The second-order valence-corrected chi connectivity index (χ2v) is 6.73. The summed E-state index contributed by atoms with van der Waals surface area (Å²) < 4.78 is 46.6. The highest BCUT2D eigenvalue weighted by Crippen LogP contribution is 2.34. The van der Waals surface area contributed by atoms with Crippen LogP contribution in [0.25, 0.3) is 11.6 Å². The van der Waals surface area contributed by atoms with E-state index in [9.17, 15) is 14.0 Å². The maximum Gasteiger partial charge on any atom is 0.256 e. The fourth-order valence-electron chi connectivity index (χ4n) is 3.32. The van der Waals surface area contributed by atoms with Gasteiger partial charge in [-0.2, -0.15) is 0 Å². The minimum absolute atomic E-state index is 0.152. The van der Waals surface area contributed by atoms with Crippen molar-refractivity contribution >= 4 is 29.2 Å². The van der Waals surface area contributed by atoms with E-state index in [2.05, 4.69) is 15.6 Å². The SMILES string of the molecule is [2H]C([2H])(NC(=O)c1c(C)[nH]c(/C=C2\C(=O)Nc3ccc(F)cc32)c1C)C([2H])([2H])N(CC)CC. The Bertz CT molecular complexity index is 1140. The summed E-state index contributed by atoms with van der Waals surface area (Å²) in [4.78, 5) is 29.7. The van der Waals surface area contributed by atoms with Crippen molar-refractivity contribution in [3.05, 3.63) is 52.1 Å². The minimum atomic E-state index is -2.67. The molecular formula is C22H27FN4O2. The molecule has 0 aliphatic carbocycles. The molecule has 0 fully saturated rings. The highest BCUT2D eigenvalue weighted by Gasteiger charge is 2.26. The number of carbonyl (C=O) groups excluding carboxylic acids is 2. The zero-order chi connectivity index (χ0) is 24.7. The normalized spacial score (nSPS) is 17.4. The number of hydrogen-bond donors (Lipinski definition) is 3. The van der Waals surface area contributed by atoms with Crippen LogP contribution in [0.1, 0.15) is 52.2 Å². The van der Waals surface area contributed by atoms with Gasteiger partial charge in [0.05, 0.1) is 13.9 Å². The molecule has 0 unspecified atom stereocenters. The van der Waals surface area contributed by atoms with Gasteiger partial charge in [-0.1, -0.05) is 13.8 Å². The largest absolute Gasteiger partial charge is 0.358 e. The van der Waals surface area contributed by atoms with Crippen LogP contribution in [0.15, 0.2) is 18.2 Å². The van der Waals surface area contributed by atoms with Crippen LogP contribution < -0.4 is 10.6 Å². The smallest absolute Gasteiger partial charge is 0.256 e. The third kappa shape index (κ3) is 4.24. The molecule has 0 atom stereocenters. The number of rotatable bonds is 7. The monoisotopic (exact) mass is 402 g/mol. The highest BCUT2D eigenvalue weighted by atomic mass is 19.1. The van der Waals surface area contributed by atoms with E-state index in [0.717, 1.165) is 0 Å². The van der Waals surface area contributed by atoms with E-state index >= 15 is 0 Å². The fraction of sp³-hybridized carbons (Fsp3) is 0.364. The van der Waals surface area contributed by atoms with Crippen molar-refractivity contribution in [1.82, 2.24) is 15.2 Å². The second-order valence-electron chi connectivity index (χ2n) is 6.73. The fourth-order valence-corrected chi connectivity index (χ4v) is 3.32. The summed E-state index contributed by atoms with van der Waals surface area (Å²) in [6.07, 6.45) is 1.52. The van der Waals surface area contributed by atoms with Crippen molar-refractivity contribution in [2.24, 2.45) is 0 Å². The number of nitrogens with zero attached hydrogens (tertiary/aromatic N) is 1. The number of hydrogen-bond acceptors (Lipinski definition) is 3. The Morgan fingerprint density at radius 1 is 1.31 bits per heavy atom.